The molecule has 0 bridgehead atoms. The van der Waals surface area contributed by atoms with Crippen LogP contribution in [0.15, 0.2) is 24.3 Å². The summed E-state index contributed by atoms with van der Waals surface area (Å²) >= 11 is 0. The van der Waals surface area contributed by atoms with Gasteiger partial charge in [-0.3, -0.25) is 4.79 Å². The molecule has 0 spiro atoms. The summed E-state index contributed by atoms with van der Waals surface area (Å²) in [5.74, 6) is -0.827. The first kappa shape index (κ1) is 25.6. The summed E-state index contributed by atoms with van der Waals surface area (Å²) in [6.07, 6.45) is 5.38. The van der Waals surface area contributed by atoms with Crippen LogP contribution in [0.3, 0.4) is 0 Å². The average Bonchev–Trinajstić information content (AvgIpc) is 3.32. The fourth-order valence-electron chi connectivity index (χ4n) is 4.18. The molecule has 32 heavy (non-hydrogen) atoms. The average molecular weight is 449 g/mol. The van der Waals surface area contributed by atoms with Gasteiger partial charge < -0.3 is 24.7 Å². The number of aliphatic carboxylic acids is 2. The zero-order valence-electron chi connectivity index (χ0n) is 19.5. The lowest BCUT2D eigenvalue weighted by Gasteiger charge is -2.32. The van der Waals surface area contributed by atoms with Gasteiger partial charge in [-0.05, 0) is 76.1 Å². The monoisotopic (exact) mass is 448 g/mol. The minimum Gasteiger partial charge on any atom is -0.494 e. The maximum atomic E-state index is 12.5. The Morgan fingerprint density at radius 3 is 2.03 bits per heavy atom. The van der Waals surface area contributed by atoms with E-state index in [4.69, 9.17) is 24.5 Å². The number of likely N-dealkylation sites (tertiary alicyclic amines) is 1. The maximum Gasteiger partial charge on any atom is 0.414 e. The van der Waals surface area contributed by atoms with Gasteiger partial charge in [0.05, 0.1) is 6.61 Å². The highest BCUT2D eigenvalue weighted by Crippen LogP contribution is 2.37. The zero-order chi connectivity index (χ0) is 23.9. The second-order valence-electron chi connectivity index (χ2n) is 9.58. The Labute approximate surface area is 190 Å². The molecule has 1 aromatic rings. The lowest BCUT2D eigenvalue weighted by molar-refractivity contribution is -0.159. The second-order valence-corrected chi connectivity index (χ2v) is 9.58. The molecule has 0 aromatic heterocycles. The Morgan fingerprint density at radius 2 is 1.56 bits per heavy atom. The summed E-state index contributed by atoms with van der Waals surface area (Å²) in [4.78, 5) is 35.1. The zero-order valence-corrected chi connectivity index (χ0v) is 19.5. The van der Waals surface area contributed by atoms with Gasteiger partial charge >= 0.3 is 11.9 Å². The number of ether oxygens (including phenoxy) is 1. The lowest BCUT2D eigenvalue weighted by Crippen LogP contribution is -2.42. The Kier molecular flexibility index (Phi) is 9.07. The number of carbonyl (C=O) groups is 3. The highest BCUT2D eigenvalue weighted by molar-refractivity contribution is 6.27. The first-order chi connectivity index (χ1) is 15.0. The molecule has 1 aliphatic heterocycles. The van der Waals surface area contributed by atoms with E-state index in [1.165, 1.54) is 32.4 Å². The Morgan fingerprint density at radius 1 is 1.03 bits per heavy atom. The minimum absolute atomic E-state index is 0.0450. The lowest BCUT2D eigenvalue weighted by atomic mass is 10.0. The number of benzene rings is 1. The van der Waals surface area contributed by atoms with Crippen LogP contribution in [0.4, 0.5) is 0 Å². The van der Waals surface area contributed by atoms with Crippen molar-refractivity contribution < 1.29 is 29.3 Å². The Hall–Kier alpha value is -2.61. The molecule has 2 aliphatic rings. The van der Waals surface area contributed by atoms with E-state index in [0.717, 1.165) is 37.2 Å². The Balaban J connectivity index is 0.000000534. The number of carbonyl (C=O) groups excluding carboxylic acids is 1. The third-order valence-corrected chi connectivity index (χ3v) is 6.28. The number of amides is 1. The van der Waals surface area contributed by atoms with E-state index in [1.54, 1.807) is 4.90 Å². The molecule has 0 radical (unpaired) electrons. The minimum atomic E-state index is -1.82. The molecule has 1 saturated carbocycles. The van der Waals surface area contributed by atoms with Crippen LogP contribution in [0, 0.1) is 11.8 Å². The van der Waals surface area contributed by atoms with Gasteiger partial charge in [-0.25, -0.2) is 9.59 Å². The molecule has 1 aromatic carbocycles. The third-order valence-electron chi connectivity index (χ3n) is 6.28. The molecule has 1 amide bonds. The van der Waals surface area contributed by atoms with Crippen molar-refractivity contribution in [2.24, 2.45) is 11.8 Å². The topological polar surface area (TPSA) is 107 Å². The van der Waals surface area contributed by atoms with E-state index in [0.29, 0.717) is 5.56 Å². The number of hydrogen-bond donors (Lipinski definition) is 2. The maximum absolute atomic E-state index is 12.5. The molecule has 178 valence electrons. The first-order valence-electron chi connectivity index (χ1n) is 11.2. The second kappa shape index (κ2) is 11.3. The van der Waals surface area contributed by atoms with Gasteiger partial charge in [0.15, 0.2) is 0 Å². The van der Waals surface area contributed by atoms with Crippen LogP contribution in [-0.2, 0) is 9.59 Å². The first-order valence-corrected chi connectivity index (χ1v) is 11.2. The van der Waals surface area contributed by atoms with Crippen molar-refractivity contribution in [2.75, 3.05) is 33.3 Å². The standard InChI is InChI=1S/C22H34N2O2.C2H2O4/c1-22(2,3)23(4)21(25)17-9-11-20(12-10-17)26-14-6-13-24-15-18-7-5-8-19(18)16-24;3-1(4)2(5)6/h9-12,18-19H,5-8,13-16H2,1-4H3;(H,3,4)(H,5,6). The third kappa shape index (κ3) is 7.51. The van der Waals surface area contributed by atoms with Crippen molar-refractivity contribution in [2.45, 2.75) is 52.0 Å². The Bertz CT molecular complexity index is 763. The van der Waals surface area contributed by atoms with E-state index < -0.39 is 11.9 Å². The van der Waals surface area contributed by atoms with Crippen LogP contribution in [0.2, 0.25) is 0 Å². The molecule has 1 saturated heterocycles. The summed E-state index contributed by atoms with van der Waals surface area (Å²) in [5.41, 5.74) is 0.527. The van der Waals surface area contributed by atoms with E-state index >= 15 is 0 Å². The molecule has 2 N–H and O–H groups in total. The molecule has 2 fully saturated rings. The number of nitrogens with zero attached hydrogens (tertiary/aromatic N) is 2. The molecule has 8 heteroatoms. The van der Waals surface area contributed by atoms with E-state index in [-0.39, 0.29) is 11.4 Å². The molecule has 2 unspecified atom stereocenters. The van der Waals surface area contributed by atoms with Crippen molar-refractivity contribution in [3.63, 3.8) is 0 Å². The van der Waals surface area contributed by atoms with Gasteiger partial charge in [0.25, 0.3) is 5.91 Å². The fraction of sp³-hybridized carbons (Fsp3) is 0.625. The number of hydrogen-bond acceptors (Lipinski definition) is 5. The van der Waals surface area contributed by atoms with Gasteiger partial charge in [-0.1, -0.05) is 6.42 Å². The summed E-state index contributed by atoms with van der Waals surface area (Å²) in [7, 11) is 1.85. The van der Waals surface area contributed by atoms with Crippen molar-refractivity contribution in [1.29, 1.82) is 0 Å². The van der Waals surface area contributed by atoms with Gasteiger partial charge in [0.2, 0.25) is 0 Å². The van der Waals surface area contributed by atoms with Crippen LogP contribution < -0.4 is 4.74 Å². The van der Waals surface area contributed by atoms with Crippen LogP contribution in [0.25, 0.3) is 0 Å². The summed E-state index contributed by atoms with van der Waals surface area (Å²) in [6.45, 7) is 10.6. The van der Waals surface area contributed by atoms with Crippen LogP contribution in [0.1, 0.15) is 56.8 Å². The fourth-order valence-corrected chi connectivity index (χ4v) is 4.18. The number of rotatable bonds is 6. The van der Waals surface area contributed by atoms with Gasteiger partial charge in [0.1, 0.15) is 5.75 Å². The van der Waals surface area contributed by atoms with Crippen molar-refractivity contribution in [3.05, 3.63) is 29.8 Å². The number of carboxylic acids is 2. The summed E-state index contributed by atoms with van der Waals surface area (Å²) < 4.78 is 5.87. The molecular weight excluding hydrogens is 412 g/mol. The van der Waals surface area contributed by atoms with Gasteiger partial charge in [-0.2, -0.15) is 0 Å². The summed E-state index contributed by atoms with van der Waals surface area (Å²) in [6, 6.07) is 7.54. The van der Waals surface area contributed by atoms with Crippen molar-refractivity contribution >= 4 is 17.8 Å². The van der Waals surface area contributed by atoms with E-state index in [1.807, 2.05) is 52.1 Å². The SMILES string of the molecule is CN(C(=O)c1ccc(OCCCN2CC3CCCC3C2)cc1)C(C)(C)C.O=C(O)C(=O)O. The quantitative estimate of drug-likeness (QED) is 0.508. The molecular formula is C24H36N2O6. The van der Waals surface area contributed by atoms with Crippen LogP contribution in [-0.4, -0.2) is 76.7 Å². The highest BCUT2D eigenvalue weighted by Gasteiger charge is 2.35. The molecule has 2 atom stereocenters. The van der Waals surface area contributed by atoms with Gasteiger partial charge in [0, 0.05) is 37.8 Å². The van der Waals surface area contributed by atoms with Gasteiger partial charge in [-0.15, -0.1) is 0 Å². The van der Waals surface area contributed by atoms with E-state index in [2.05, 4.69) is 4.90 Å². The van der Waals surface area contributed by atoms with Crippen molar-refractivity contribution in [1.82, 2.24) is 9.80 Å². The number of carboxylic acid groups (broad SMARTS) is 2. The molecule has 1 aliphatic carbocycles. The van der Waals surface area contributed by atoms with E-state index in [9.17, 15) is 4.79 Å². The molecule has 1 heterocycles. The number of fused-ring (bicyclic) bond motifs is 1. The largest absolute Gasteiger partial charge is 0.494 e. The normalized spacial score (nSPS) is 20.1. The molecule has 3 rings (SSSR count). The predicted molar refractivity (Wildman–Crippen MR) is 121 cm³/mol. The van der Waals surface area contributed by atoms with Crippen LogP contribution >= 0.6 is 0 Å². The predicted octanol–water partition coefficient (Wildman–Crippen LogP) is 3.21. The molecule has 8 nitrogen and oxygen atoms in total. The highest BCUT2D eigenvalue weighted by atomic mass is 16.5. The van der Waals surface area contributed by atoms with Crippen LogP contribution in [0.5, 0.6) is 5.75 Å². The summed E-state index contributed by atoms with van der Waals surface area (Å²) in [5, 5.41) is 14.8. The smallest absolute Gasteiger partial charge is 0.414 e. The van der Waals surface area contributed by atoms with Crippen molar-refractivity contribution in [3.8, 4) is 5.75 Å².